The standard InChI is InChI=1S/C24H38O3/c1-6-14-7-8-16-19-17(10-12-23(14,16)4)24(5)11-9-15(25)13-18(24)20-21(19)27-22(2,3)26-20/h6,15-21,25H,7-13H2,1-5H3/b14-6+/t15-,16?,17?,18?,19?,20+,21+,23+,24+/m0/s1. The van der Waals surface area contributed by atoms with Crippen LogP contribution in [0.5, 0.6) is 0 Å². The predicted octanol–water partition coefficient (Wildman–Crippen LogP) is 5.08. The fourth-order valence-corrected chi connectivity index (χ4v) is 8.48. The lowest BCUT2D eigenvalue weighted by Crippen LogP contribution is -2.63. The first-order valence-corrected chi connectivity index (χ1v) is 11.4. The molecule has 3 heteroatoms. The molecule has 5 aliphatic rings. The number of fused-ring (bicyclic) bond motifs is 8. The van der Waals surface area contributed by atoms with Crippen molar-refractivity contribution in [1.29, 1.82) is 0 Å². The first-order chi connectivity index (χ1) is 12.7. The third-order valence-corrected chi connectivity index (χ3v) is 9.70. The van der Waals surface area contributed by atoms with Crippen molar-refractivity contribution in [2.45, 2.75) is 104 Å². The van der Waals surface area contributed by atoms with E-state index >= 15 is 0 Å². The molecule has 5 rings (SSSR count). The molecule has 0 aromatic rings. The first-order valence-electron chi connectivity index (χ1n) is 11.4. The second kappa shape index (κ2) is 5.83. The summed E-state index contributed by atoms with van der Waals surface area (Å²) in [6.07, 6.45) is 10.8. The smallest absolute Gasteiger partial charge is 0.163 e. The zero-order chi connectivity index (χ0) is 19.2. The summed E-state index contributed by atoms with van der Waals surface area (Å²) in [5, 5.41) is 10.5. The van der Waals surface area contributed by atoms with Crippen molar-refractivity contribution in [1.82, 2.24) is 0 Å². The molecule has 0 radical (unpaired) electrons. The van der Waals surface area contributed by atoms with Crippen molar-refractivity contribution in [2.24, 2.45) is 34.5 Å². The van der Waals surface area contributed by atoms with E-state index in [1.807, 2.05) is 0 Å². The highest BCUT2D eigenvalue weighted by molar-refractivity contribution is 5.25. The lowest BCUT2D eigenvalue weighted by molar-refractivity contribution is -0.182. The Morgan fingerprint density at radius 3 is 2.41 bits per heavy atom. The molecule has 152 valence electrons. The van der Waals surface area contributed by atoms with Gasteiger partial charge in [0.2, 0.25) is 0 Å². The maximum Gasteiger partial charge on any atom is 0.163 e. The third kappa shape index (κ3) is 2.43. The molecular formula is C24H38O3. The fraction of sp³-hybridized carbons (Fsp3) is 0.917. The van der Waals surface area contributed by atoms with Gasteiger partial charge < -0.3 is 14.6 Å². The Balaban J connectivity index is 1.59. The first kappa shape index (κ1) is 18.6. The number of hydrogen-bond acceptors (Lipinski definition) is 3. The zero-order valence-corrected chi connectivity index (χ0v) is 17.8. The molecule has 4 unspecified atom stereocenters. The lowest BCUT2D eigenvalue weighted by Gasteiger charge is -2.63. The SMILES string of the molecule is C/C=C1\CCC2C3C(CC[C@]12C)[C@@]1(C)CC[C@H](O)CC1[C@H]1OC(C)(C)O[C@H]31. The zero-order valence-electron chi connectivity index (χ0n) is 17.8. The van der Waals surface area contributed by atoms with Crippen molar-refractivity contribution in [3.63, 3.8) is 0 Å². The summed E-state index contributed by atoms with van der Waals surface area (Å²) in [5.41, 5.74) is 2.33. The van der Waals surface area contributed by atoms with E-state index in [0.717, 1.165) is 25.2 Å². The van der Waals surface area contributed by atoms with Gasteiger partial charge in [0.25, 0.3) is 0 Å². The Hall–Kier alpha value is -0.380. The predicted molar refractivity (Wildman–Crippen MR) is 106 cm³/mol. The monoisotopic (exact) mass is 374 g/mol. The van der Waals surface area contributed by atoms with Gasteiger partial charge in [0.1, 0.15) is 0 Å². The van der Waals surface area contributed by atoms with E-state index in [4.69, 9.17) is 9.47 Å². The van der Waals surface area contributed by atoms with E-state index in [0.29, 0.717) is 23.2 Å². The molecule has 4 aliphatic carbocycles. The Morgan fingerprint density at radius 1 is 0.926 bits per heavy atom. The van der Waals surface area contributed by atoms with Crippen molar-refractivity contribution in [3.8, 4) is 0 Å². The van der Waals surface area contributed by atoms with Crippen LogP contribution in [0.4, 0.5) is 0 Å². The normalized spacial score (nSPS) is 57.7. The largest absolute Gasteiger partial charge is 0.393 e. The van der Waals surface area contributed by atoms with E-state index in [-0.39, 0.29) is 23.7 Å². The van der Waals surface area contributed by atoms with Gasteiger partial charge in [-0.25, -0.2) is 0 Å². The highest BCUT2D eigenvalue weighted by Gasteiger charge is 2.67. The van der Waals surface area contributed by atoms with E-state index in [9.17, 15) is 5.11 Å². The molecule has 9 atom stereocenters. The molecule has 4 saturated carbocycles. The molecule has 1 heterocycles. The fourth-order valence-electron chi connectivity index (χ4n) is 8.48. The van der Waals surface area contributed by atoms with E-state index in [1.165, 1.54) is 25.7 Å². The topological polar surface area (TPSA) is 38.7 Å². The van der Waals surface area contributed by atoms with Gasteiger partial charge in [0.15, 0.2) is 5.79 Å². The van der Waals surface area contributed by atoms with Gasteiger partial charge >= 0.3 is 0 Å². The molecule has 27 heavy (non-hydrogen) atoms. The van der Waals surface area contributed by atoms with Crippen LogP contribution >= 0.6 is 0 Å². The molecule has 1 saturated heterocycles. The number of aliphatic hydroxyl groups excluding tert-OH is 1. The minimum Gasteiger partial charge on any atom is -0.393 e. The summed E-state index contributed by atoms with van der Waals surface area (Å²) in [4.78, 5) is 0. The van der Waals surface area contributed by atoms with Crippen LogP contribution in [0.1, 0.15) is 79.6 Å². The molecule has 0 aromatic heterocycles. The van der Waals surface area contributed by atoms with Crippen LogP contribution in [0.15, 0.2) is 11.6 Å². The van der Waals surface area contributed by atoms with Crippen LogP contribution in [0.2, 0.25) is 0 Å². The van der Waals surface area contributed by atoms with E-state index < -0.39 is 5.79 Å². The summed E-state index contributed by atoms with van der Waals surface area (Å²) in [6, 6.07) is 0. The number of rotatable bonds is 0. The highest BCUT2D eigenvalue weighted by Crippen LogP contribution is 2.69. The molecule has 5 fully saturated rings. The Kier molecular flexibility index (Phi) is 4.02. The Bertz CT molecular complexity index is 654. The maximum atomic E-state index is 10.5. The molecule has 3 nitrogen and oxygen atoms in total. The number of allylic oxidation sites excluding steroid dienone is 2. The van der Waals surface area contributed by atoms with Gasteiger partial charge in [0, 0.05) is 0 Å². The van der Waals surface area contributed by atoms with Gasteiger partial charge in [-0.05, 0) is 100 Å². The number of hydrogen-bond donors (Lipinski definition) is 1. The molecule has 0 bridgehead atoms. The van der Waals surface area contributed by atoms with Gasteiger partial charge in [-0.15, -0.1) is 0 Å². The lowest BCUT2D eigenvalue weighted by atomic mass is 9.43. The highest BCUT2D eigenvalue weighted by atomic mass is 16.8. The van der Waals surface area contributed by atoms with Crippen LogP contribution in [0.25, 0.3) is 0 Å². The minimum atomic E-state index is -0.497. The number of aliphatic hydroxyl groups is 1. The molecule has 0 aromatic carbocycles. The minimum absolute atomic E-state index is 0.151. The molecule has 0 amide bonds. The number of ether oxygens (including phenoxy) is 2. The van der Waals surface area contributed by atoms with Crippen LogP contribution < -0.4 is 0 Å². The van der Waals surface area contributed by atoms with Gasteiger partial charge in [-0.3, -0.25) is 0 Å². The molecule has 0 spiro atoms. The molecular weight excluding hydrogens is 336 g/mol. The van der Waals surface area contributed by atoms with Gasteiger partial charge in [0.05, 0.1) is 18.3 Å². The molecule has 1 N–H and O–H groups in total. The summed E-state index contributed by atoms with van der Waals surface area (Å²) < 4.78 is 13.2. The quantitative estimate of drug-likeness (QED) is 0.601. The average Bonchev–Trinajstić information content (AvgIpc) is 3.11. The van der Waals surface area contributed by atoms with Crippen LogP contribution in [-0.2, 0) is 9.47 Å². The van der Waals surface area contributed by atoms with Crippen molar-refractivity contribution in [3.05, 3.63) is 11.6 Å². The maximum absolute atomic E-state index is 10.5. The van der Waals surface area contributed by atoms with Crippen LogP contribution in [-0.4, -0.2) is 29.2 Å². The third-order valence-electron chi connectivity index (χ3n) is 9.70. The van der Waals surface area contributed by atoms with Crippen LogP contribution in [0, 0.1) is 34.5 Å². The van der Waals surface area contributed by atoms with Crippen molar-refractivity contribution < 1.29 is 14.6 Å². The van der Waals surface area contributed by atoms with E-state index in [2.05, 4.69) is 40.7 Å². The summed E-state index contributed by atoms with van der Waals surface area (Å²) >= 11 is 0. The average molecular weight is 375 g/mol. The second-order valence-corrected chi connectivity index (χ2v) is 11.2. The summed E-state index contributed by atoms with van der Waals surface area (Å²) in [7, 11) is 0. The van der Waals surface area contributed by atoms with Crippen LogP contribution in [0.3, 0.4) is 0 Å². The Morgan fingerprint density at radius 2 is 1.67 bits per heavy atom. The van der Waals surface area contributed by atoms with Gasteiger partial charge in [-0.1, -0.05) is 25.5 Å². The molecule has 1 aliphatic heterocycles. The van der Waals surface area contributed by atoms with Gasteiger partial charge in [-0.2, -0.15) is 0 Å². The second-order valence-electron chi connectivity index (χ2n) is 11.2. The van der Waals surface area contributed by atoms with E-state index in [1.54, 1.807) is 5.57 Å². The summed E-state index contributed by atoms with van der Waals surface area (Å²) in [6.45, 7) is 11.5. The Labute approximate surface area is 164 Å². The summed E-state index contributed by atoms with van der Waals surface area (Å²) in [5.74, 6) is 1.97. The van der Waals surface area contributed by atoms with Crippen molar-refractivity contribution >= 4 is 0 Å². The van der Waals surface area contributed by atoms with Crippen molar-refractivity contribution in [2.75, 3.05) is 0 Å².